The van der Waals surface area contributed by atoms with Crippen molar-refractivity contribution in [3.63, 3.8) is 0 Å². The number of hydrogen-bond acceptors (Lipinski definition) is 3. The molecule has 0 bridgehead atoms. The lowest BCUT2D eigenvalue weighted by molar-refractivity contribution is -0.135. The number of anilines is 1. The number of nitrogens with zero attached hydrogens (tertiary/aromatic N) is 2. The first-order valence-corrected chi connectivity index (χ1v) is 10.2. The summed E-state index contributed by atoms with van der Waals surface area (Å²) in [5.41, 5.74) is 2.16. The number of halogens is 1. The number of rotatable bonds is 6. The van der Waals surface area contributed by atoms with Crippen LogP contribution in [-0.2, 0) is 16.0 Å². The fourth-order valence-corrected chi connectivity index (χ4v) is 3.93. The number of benzene rings is 2. The molecule has 1 heterocycles. The number of carbonyl (C=O) groups excluding carboxylic acids is 2. The average molecular weight is 395 g/mol. The lowest BCUT2D eigenvalue weighted by Gasteiger charge is -2.36. The van der Waals surface area contributed by atoms with Crippen LogP contribution in [0, 0.1) is 17.7 Å². The molecular weight excluding hydrogens is 369 g/mol. The summed E-state index contributed by atoms with van der Waals surface area (Å²) in [5, 5.41) is 2.97. The van der Waals surface area contributed by atoms with E-state index in [0.717, 1.165) is 25.2 Å². The molecule has 2 amide bonds. The van der Waals surface area contributed by atoms with Crippen LogP contribution in [0.25, 0.3) is 0 Å². The standard InChI is InChI=1S/C23H26FN3O2/c24-18-6-8-19(9-7-18)26-12-14-27(15-13-26)23(29)21-16-20(21)22(28)25-11-10-17-4-2-1-3-5-17/h1-9,20-21H,10-16H2,(H,25,28). The van der Waals surface area contributed by atoms with Crippen LogP contribution >= 0.6 is 0 Å². The SMILES string of the molecule is O=C(NCCc1ccccc1)C1CC1C(=O)N1CCN(c2ccc(F)cc2)CC1. The van der Waals surface area contributed by atoms with Gasteiger partial charge in [0.05, 0.1) is 11.8 Å². The maximum atomic E-state index is 13.1. The Balaban J connectivity index is 1.20. The molecule has 2 unspecified atom stereocenters. The van der Waals surface area contributed by atoms with Crippen LogP contribution in [0.4, 0.5) is 10.1 Å². The Labute approximate surface area is 170 Å². The third-order valence-corrected chi connectivity index (χ3v) is 5.78. The highest BCUT2D eigenvalue weighted by Gasteiger charge is 2.49. The predicted molar refractivity (Wildman–Crippen MR) is 110 cm³/mol. The Morgan fingerprint density at radius 2 is 1.62 bits per heavy atom. The molecule has 2 fully saturated rings. The van der Waals surface area contributed by atoms with E-state index in [1.54, 1.807) is 12.1 Å². The molecule has 0 spiro atoms. The molecule has 1 aliphatic heterocycles. The van der Waals surface area contributed by atoms with E-state index in [0.29, 0.717) is 26.1 Å². The van der Waals surface area contributed by atoms with E-state index in [4.69, 9.17) is 0 Å². The van der Waals surface area contributed by atoms with E-state index in [1.165, 1.54) is 17.7 Å². The van der Waals surface area contributed by atoms with Crippen molar-refractivity contribution in [2.45, 2.75) is 12.8 Å². The van der Waals surface area contributed by atoms with Crippen LogP contribution in [0.2, 0.25) is 0 Å². The van der Waals surface area contributed by atoms with E-state index >= 15 is 0 Å². The molecule has 1 aliphatic carbocycles. The van der Waals surface area contributed by atoms with Crippen LogP contribution in [0.5, 0.6) is 0 Å². The maximum Gasteiger partial charge on any atom is 0.226 e. The Hall–Kier alpha value is -2.89. The fourth-order valence-electron chi connectivity index (χ4n) is 3.93. The zero-order valence-electron chi connectivity index (χ0n) is 16.4. The zero-order chi connectivity index (χ0) is 20.2. The van der Waals surface area contributed by atoms with E-state index in [2.05, 4.69) is 10.2 Å². The molecule has 0 radical (unpaired) electrons. The molecule has 0 aromatic heterocycles. The molecule has 4 rings (SSSR count). The first kappa shape index (κ1) is 19.4. The van der Waals surface area contributed by atoms with Crippen LogP contribution in [0.1, 0.15) is 12.0 Å². The summed E-state index contributed by atoms with van der Waals surface area (Å²) in [6.07, 6.45) is 1.44. The quantitative estimate of drug-likeness (QED) is 0.818. The topological polar surface area (TPSA) is 52.7 Å². The van der Waals surface area contributed by atoms with Crippen molar-refractivity contribution in [1.29, 1.82) is 0 Å². The average Bonchev–Trinajstić information content (AvgIpc) is 3.56. The number of carbonyl (C=O) groups is 2. The van der Waals surface area contributed by atoms with Gasteiger partial charge in [-0.15, -0.1) is 0 Å². The fraction of sp³-hybridized carbons (Fsp3) is 0.391. The lowest BCUT2D eigenvalue weighted by atomic mass is 10.1. The summed E-state index contributed by atoms with van der Waals surface area (Å²) in [4.78, 5) is 29.1. The van der Waals surface area contributed by atoms with Gasteiger partial charge in [0.25, 0.3) is 0 Å². The molecule has 1 N–H and O–H groups in total. The predicted octanol–water partition coefficient (Wildman–Crippen LogP) is 2.47. The molecule has 5 nitrogen and oxygen atoms in total. The summed E-state index contributed by atoms with van der Waals surface area (Å²) in [6, 6.07) is 16.5. The second kappa shape index (κ2) is 8.64. The molecule has 6 heteroatoms. The van der Waals surface area contributed by atoms with Crippen molar-refractivity contribution in [3.8, 4) is 0 Å². The van der Waals surface area contributed by atoms with Gasteiger partial charge in [0.15, 0.2) is 0 Å². The second-order valence-electron chi connectivity index (χ2n) is 7.76. The van der Waals surface area contributed by atoms with Gasteiger partial charge in [0, 0.05) is 38.4 Å². The Bertz CT molecular complexity index is 848. The summed E-state index contributed by atoms with van der Waals surface area (Å²) < 4.78 is 13.1. The molecule has 2 aromatic rings. The first-order valence-electron chi connectivity index (χ1n) is 10.2. The summed E-state index contributed by atoms with van der Waals surface area (Å²) >= 11 is 0. The molecule has 2 atom stereocenters. The highest BCUT2D eigenvalue weighted by molar-refractivity contribution is 5.92. The number of piperazine rings is 1. The van der Waals surface area contributed by atoms with Crippen molar-refractivity contribution in [2.24, 2.45) is 11.8 Å². The van der Waals surface area contributed by atoms with Gasteiger partial charge in [0.2, 0.25) is 11.8 Å². The Morgan fingerprint density at radius 3 is 2.31 bits per heavy atom. The van der Waals surface area contributed by atoms with Gasteiger partial charge in [-0.3, -0.25) is 9.59 Å². The number of amides is 2. The molecular formula is C23H26FN3O2. The van der Waals surface area contributed by atoms with Gasteiger partial charge in [-0.2, -0.15) is 0 Å². The molecule has 1 saturated heterocycles. The van der Waals surface area contributed by atoms with Crippen LogP contribution in [0.3, 0.4) is 0 Å². The second-order valence-corrected chi connectivity index (χ2v) is 7.76. The van der Waals surface area contributed by atoms with Crippen molar-refractivity contribution in [1.82, 2.24) is 10.2 Å². The smallest absolute Gasteiger partial charge is 0.226 e. The van der Waals surface area contributed by atoms with Crippen molar-refractivity contribution < 1.29 is 14.0 Å². The number of nitrogens with one attached hydrogen (secondary N) is 1. The highest BCUT2D eigenvalue weighted by atomic mass is 19.1. The van der Waals surface area contributed by atoms with Gasteiger partial charge in [-0.25, -0.2) is 4.39 Å². The van der Waals surface area contributed by atoms with Crippen LogP contribution < -0.4 is 10.2 Å². The highest BCUT2D eigenvalue weighted by Crippen LogP contribution is 2.40. The third-order valence-electron chi connectivity index (χ3n) is 5.78. The normalized spacial score (nSPS) is 21.0. The van der Waals surface area contributed by atoms with E-state index in [-0.39, 0.29) is 29.5 Å². The lowest BCUT2D eigenvalue weighted by Crippen LogP contribution is -2.49. The van der Waals surface area contributed by atoms with E-state index in [1.807, 2.05) is 35.2 Å². The monoisotopic (exact) mass is 395 g/mol. The summed E-state index contributed by atoms with van der Waals surface area (Å²) in [7, 11) is 0. The van der Waals surface area contributed by atoms with Crippen LogP contribution in [-0.4, -0.2) is 49.4 Å². The minimum absolute atomic E-state index is 0.00997. The van der Waals surface area contributed by atoms with Gasteiger partial charge < -0.3 is 15.1 Å². The van der Waals surface area contributed by atoms with Gasteiger partial charge in [0.1, 0.15) is 5.82 Å². The van der Waals surface area contributed by atoms with Crippen molar-refractivity contribution >= 4 is 17.5 Å². The minimum atomic E-state index is -0.246. The largest absolute Gasteiger partial charge is 0.368 e. The summed E-state index contributed by atoms with van der Waals surface area (Å²) in [5.74, 6) is -0.530. The van der Waals surface area contributed by atoms with E-state index in [9.17, 15) is 14.0 Å². The molecule has 2 aromatic carbocycles. The third kappa shape index (κ3) is 4.75. The Kier molecular flexibility index (Phi) is 5.79. The molecule has 29 heavy (non-hydrogen) atoms. The first-order chi connectivity index (χ1) is 14.1. The van der Waals surface area contributed by atoms with Crippen molar-refractivity contribution in [3.05, 3.63) is 66.0 Å². The zero-order valence-corrected chi connectivity index (χ0v) is 16.4. The molecule has 152 valence electrons. The van der Waals surface area contributed by atoms with Gasteiger partial charge >= 0.3 is 0 Å². The van der Waals surface area contributed by atoms with Crippen LogP contribution in [0.15, 0.2) is 54.6 Å². The molecule has 2 aliphatic rings. The Morgan fingerprint density at radius 1 is 0.931 bits per heavy atom. The van der Waals surface area contributed by atoms with Crippen molar-refractivity contribution in [2.75, 3.05) is 37.6 Å². The maximum absolute atomic E-state index is 13.1. The van der Waals surface area contributed by atoms with Gasteiger partial charge in [-0.05, 0) is 42.7 Å². The number of hydrogen-bond donors (Lipinski definition) is 1. The minimum Gasteiger partial charge on any atom is -0.368 e. The summed E-state index contributed by atoms with van der Waals surface area (Å²) in [6.45, 7) is 3.30. The van der Waals surface area contributed by atoms with Gasteiger partial charge in [-0.1, -0.05) is 30.3 Å². The molecule has 1 saturated carbocycles. The van der Waals surface area contributed by atoms with E-state index < -0.39 is 0 Å².